The zero-order valence-corrected chi connectivity index (χ0v) is 23.8. The van der Waals surface area contributed by atoms with Gasteiger partial charge in [0.2, 0.25) is 5.91 Å². The quantitative estimate of drug-likeness (QED) is 0.381. The molecule has 210 valence electrons. The number of carbonyl (C=O) groups excluding carboxylic acids is 3. The Morgan fingerprint density at radius 3 is 2.48 bits per heavy atom. The van der Waals surface area contributed by atoms with Gasteiger partial charge in [-0.2, -0.15) is 5.26 Å². The third-order valence-electron chi connectivity index (χ3n) is 7.73. The van der Waals surface area contributed by atoms with Gasteiger partial charge in [0.15, 0.2) is 0 Å². The Morgan fingerprint density at radius 1 is 1.18 bits per heavy atom. The van der Waals surface area contributed by atoms with E-state index >= 15 is 0 Å². The summed E-state index contributed by atoms with van der Waals surface area (Å²) < 4.78 is 0. The van der Waals surface area contributed by atoms with Crippen LogP contribution in [0, 0.1) is 23.2 Å². The van der Waals surface area contributed by atoms with E-state index in [-0.39, 0.29) is 30.2 Å². The van der Waals surface area contributed by atoms with Crippen molar-refractivity contribution in [3.63, 3.8) is 0 Å². The fourth-order valence-corrected chi connectivity index (χ4v) is 5.38. The van der Waals surface area contributed by atoms with Crippen LogP contribution in [0.3, 0.4) is 0 Å². The molecule has 2 aromatic carbocycles. The number of aromatic amines is 1. The van der Waals surface area contributed by atoms with Gasteiger partial charge < -0.3 is 24.9 Å². The Morgan fingerprint density at radius 2 is 1.90 bits per heavy atom. The summed E-state index contributed by atoms with van der Waals surface area (Å²) in [5.41, 5.74) is 3.81. The summed E-state index contributed by atoms with van der Waals surface area (Å²) in [7, 11) is 3.56. The molecule has 1 aliphatic heterocycles. The molecule has 3 atom stereocenters. The maximum Gasteiger partial charge on any atom is 0.270 e. The van der Waals surface area contributed by atoms with Gasteiger partial charge >= 0.3 is 0 Å². The molecule has 1 saturated carbocycles. The second kappa shape index (κ2) is 12.8. The van der Waals surface area contributed by atoms with E-state index in [4.69, 9.17) is 0 Å². The SMILES string of the molecule is CC(C)CC(C(=O)N1CC(C=O)CC1C#N)N(C)C(=O)c1cc2c(C3CC3)cccc2[nH]1.CNc1ccccc1. The summed E-state index contributed by atoms with van der Waals surface area (Å²) in [4.78, 5) is 44.4. The van der Waals surface area contributed by atoms with Crippen molar-refractivity contribution in [2.75, 3.05) is 26.0 Å². The number of anilines is 1. The molecule has 2 amide bonds. The number of likely N-dealkylation sites (tertiary alicyclic amines) is 1. The normalized spacial score (nSPS) is 18.9. The van der Waals surface area contributed by atoms with Crippen molar-refractivity contribution in [1.82, 2.24) is 14.8 Å². The van der Waals surface area contributed by atoms with Crippen LogP contribution in [0.5, 0.6) is 0 Å². The summed E-state index contributed by atoms with van der Waals surface area (Å²) in [6, 6.07) is 18.9. The van der Waals surface area contributed by atoms with E-state index in [1.165, 1.54) is 28.2 Å². The second-order valence-electron chi connectivity index (χ2n) is 11.2. The molecule has 2 N–H and O–H groups in total. The average Bonchev–Trinajstić information content (AvgIpc) is 3.58. The molecule has 0 bridgehead atoms. The molecule has 3 aromatic rings. The van der Waals surface area contributed by atoms with Gasteiger partial charge in [0, 0.05) is 43.1 Å². The van der Waals surface area contributed by atoms with Crippen molar-refractivity contribution < 1.29 is 14.4 Å². The van der Waals surface area contributed by atoms with Crippen molar-refractivity contribution in [2.24, 2.45) is 11.8 Å². The smallest absolute Gasteiger partial charge is 0.270 e. The minimum atomic E-state index is -0.696. The van der Waals surface area contributed by atoms with Gasteiger partial charge in [-0.1, -0.05) is 44.2 Å². The number of nitrogens with zero attached hydrogens (tertiary/aromatic N) is 3. The Kier molecular flexibility index (Phi) is 9.26. The van der Waals surface area contributed by atoms with Crippen molar-refractivity contribution in [1.29, 1.82) is 5.26 Å². The van der Waals surface area contributed by atoms with E-state index in [1.54, 1.807) is 7.05 Å². The Labute approximate surface area is 236 Å². The van der Waals surface area contributed by atoms with E-state index in [2.05, 4.69) is 22.4 Å². The minimum absolute atomic E-state index is 0.174. The standard InChI is InChI=1S/C25H30N4O3.C7H9N/c1-15(2)9-23(25(32)29-13-16(14-30)10-18(29)12-26)28(3)24(31)22-11-20-19(17-7-8-17)5-4-6-21(20)27-22;1-8-7-5-3-2-4-6-7/h4-6,11,14-18,23,27H,7-10,13H2,1-3H3;2-6,8H,1H3. The Bertz CT molecular complexity index is 1370. The molecule has 1 aromatic heterocycles. The highest BCUT2D eigenvalue weighted by molar-refractivity contribution is 6.01. The number of aldehydes is 1. The van der Waals surface area contributed by atoms with Crippen molar-refractivity contribution in [3.05, 3.63) is 65.9 Å². The number of likely N-dealkylation sites (N-methyl/N-ethyl adjacent to an activating group) is 1. The summed E-state index contributed by atoms with van der Waals surface area (Å²) in [6.45, 7) is 4.24. The number of nitrogens with one attached hydrogen (secondary N) is 2. The number of carbonyl (C=O) groups is 3. The largest absolute Gasteiger partial charge is 0.388 e. The van der Waals surface area contributed by atoms with E-state index < -0.39 is 12.1 Å². The van der Waals surface area contributed by atoms with Crippen LogP contribution in [-0.2, 0) is 9.59 Å². The zero-order chi connectivity index (χ0) is 28.8. The number of rotatable bonds is 8. The molecular formula is C32H39N5O3. The molecule has 0 radical (unpaired) electrons. The lowest BCUT2D eigenvalue weighted by Gasteiger charge is -2.32. The minimum Gasteiger partial charge on any atom is -0.388 e. The molecule has 2 fully saturated rings. The van der Waals surface area contributed by atoms with E-state index in [1.807, 2.05) is 69.4 Å². The van der Waals surface area contributed by atoms with Crippen LogP contribution >= 0.6 is 0 Å². The van der Waals surface area contributed by atoms with Crippen LogP contribution < -0.4 is 5.32 Å². The Hall–Kier alpha value is -4.12. The van der Waals surface area contributed by atoms with Crippen molar-refractivity contribution >= 4 is 34.7 Å². The van der Waals surface area contributed by atoms with Gasteiger partial charge in [0.05, 0.1) is 6.07 Å². The van der Waals surface area contributed by atoms with Crippen LogP contribution in [0.15, 0.2) is 54.6 Å². The molecule has 8 heteroatoms. The predicted molar refractivity (Wildman–Crippen MR) is 157 cm³/mol. The lowest BCUT2D eigenvalue weighted by atomic mass is 10.0. The highest BCUT2D eigenvalue weighted by atomic mass is 16.2. The van der Waals surface area contributed by atoms with Crippen LogP contribution in [-0.4, -0.2) is 65.6 Å². The number of hydrogen-bond donors (Lipinski definition) is 2. The molecule has 8 nitrogen and oxygen atoms in total. The fourth-order valence-electron chi connectivity index (χ4n) is 5.38. The summed E-state index contributed by atoms with van der Waals surface area (Å²) in [5, 5.41) is 13.6. The monoisotopic (exact) mass is 541 g/mol. The summed E-state index contributed by atoms with van der Waals surface area (Å²) >= 11 is 0. The number of aromatic nitrogens is 1. The fraction of sp³-hybridized carbons (Fsp3) is 0.438. The number of para-hydroxylation sites is 1. The zero-order valence-electron chi connectivity index (χ0n) is 23.8. The van der Waals surface area contributed by atoms with Gasteiger partial charge in [-0.05, 0) is 67.3 Å². The average molecular weight is 542 g/mol. The number of nitriles is 1. The van der Waals surface area contributed by atoms with Gasteiger partial charge in [0.1, 0.15) is 24.1 Å². The second-order valence-corrected chi connectivity index (χ2v) is 11.2. The number of fused-ring (bicyclic) bond motifs is 1. The van der Waals surface area contributed by atoms with Crippen LogP contribution in [0.1, 0.15) is 61.5 Å². The summed E-state index contributed by atoms with van der Waals surface area (Å²) in [6.07, 6.45) is 4.00. The van der Waals surface area contributed by atoms with Gasteiger partial charge in [-0.25, -0.2) is 0 Å². The van der Waals surface area contributed by atoms with Crippen LogP contribution in [0.4, 0.5) is 5.69 Å². The first-order valence-electron chi connectivity index (χ1n) is 14.0. The lowest BCUT2D eigenvalue weighted by Crippen LogP contribution is -2.51. The Balaban J connectivity index is 0.000000398. The predicted octanol–water partition coefficient (Wildman–Crippen LogP) is 5.20. The maximum atomic E-state index is 13.5. The maximum absolute atomic E-state index is 13.5. The summed E-state index contributed by atoms with van der Waals surface area (Å²) in [5.74, 6) is -0.108. The first-order valence-corrected chi connectivity index (χ1v) is 14.0. The van der Waals surface area contributed by atoms with E-state index in [0.29, 0.717) is 24.5 Å². The molecule has 3 unspecified atom stereocenters. The number of H-pyrrole nitrogens is 1. The van der Waals surface area contributed by atoms with Crippen LogP contribution in [0.25, 0.3) is 10.9 Å². The molecule has 40 heavy (non-hydrogen) atoms. The molecule has 2 aliphatic rings. The topological polar surface area (TPSA) is 109 Å². The number of benzene rings is 2. The lowest BCUT2D eigenvalue weighted by molar-refractivity contribution is -0.136. The molecule has 1 aliphatic carbocycles. The third-order valence-corrected chi connectivity index (χ3v) is 7.73. The molecule has 5 rings (SSSR count). The first kappa shape index (κ1) is 28.9. The van der Waals surface area contributed by atoms with Gasteiger partial charge in [0.25, 0.3) is 5.91 Å². The number of hydrogen-bond acceptors (Lipinski definition) is 5. The van der Waals surface area contributed by atoms with Gasteiger partial charge in [-0.3, -0.25) is 9.59 Å². The first-order chi connectivity index (χ1) is 19.3. The van der Waals surface area contributed by atoms with Crippen LogP contribution in [0.2, 0.25) is 0 Å². The molecule has 1 saturated heterocycles. The third kappa shape index (κ3) is 6.53. The highest BCUT2D eigenvalue weighted by Crippen LogP contribution is 2.43. The molecule has 2 heterocycles. The molecular weight excluding hydrogens is 502 g/mol. The molecule has 0 spiro atoms. The van der Waals surface area contributed by atoms with E-state index in [9.17, 15) is 19.6 Å². The highest BCUT2D eigenvalue weighted by Gasteiger charge is 2.40. The van der Waals surface area contributed by atoms with Gasteiger partial charge in [-0.15, -0.1) is 0 Å². The van der Waals surface area contributed by atoms with E-state index in [0.717, 1.165) is 22.9 Å². The number of amides is 2. The van der Waals surface area contributed by atoms with Crippen molar-refractivity contribution in [2.45, 2.75) is 57.5 Å². The van der Waals surface area contributed by atoms with Crippen molar-refractivity contribution in [3.8, 4) is 6.07 Å².